The van der Waals surface area contributed by atoms with E-state index in [2.05, 4.69) is 176 Å². The van der Waals surface area contributed by atoms with E-state index in [0.717, 1.165) is 28.0 Å². The summed E-state index contributed by atoms with van der Waals surface area (Å²) in [5.41, 5.74) is 10.6. The first-order chi connectivity index (χ1) is 25.8. The van der Waals surface area contributed by atoms with E-state index in [9.17, 15) is 0 Å². The van der Waals surface area contributed by atoms with Crippen LogP contribution in [0.25, 0.3) is 103 Å². The molecule has 5 heteroatoms. The maximum atomic E-state index is 4.51. The van der Waals surface area contributed by atoms with Gasteiger partial charge in [0.1, 0.15) is 0 Å². The third-order valence-corrected chi connectivity index (χ3v) is 12.1. The molecular weight excluding hydrogens is 653 g/mol. The molecule has 52 heavy (non-hydrogen) atoms. The van der Waals surface area contributed by atoms with Gasteiger partial charge in [-0.3, -0.25) is 4.98 Å². The monoisotopic (exact) mass is 680 g/mol. The van der Waals surface area contributed by atoms with Gasteiger partial charge in [-0.15, -0.1) is 11.3 Å². The molecule has 0 spiro atoms. The first kappa shape index (κ1) is 28.1. The number of thiophene rings is 1. The second-order valence-corrected chi connectivity index (χ2v) is 14.7. The summed E-state index contributed by atoms with van der Waals surface area (Å²) in [6.45, 7) is 0. The fourth-order valence-corrected chi connectivity index (χ4v) is 9.84. The number of pyridine rings is 1. The molecule has 0 saturated carbocycles. The van der Waals surface area contributed by atoms with Crippen LogP contribution in [0.1, 0.15) is 0 Å². The third kappa shape index (κ3) is 3.72. The van der Waals surface area contributed by atoms with Crippen molar-refractivity contribution in [2.75, 3.05) is 0 Å². The molecule has 5 aromatic heterocycles. The Labute approximate surface area is 301 Å². The van der Waals surface area contributed by atoms with Crippen LogP contribution in [0.4, 0.5) is 0 Å². The molecule has 0 aliphatic rings. The van der Waals surface area contributed by atoms with E-state index in [1.54, 1.807) is 0 Å². The van der Waals surface area contributed by atoms with Gasteiger partial charge in [-0.25, -0.2) is 0 Å². The fourth-order valence-electron chi connectivity index (χ4n) is 8.76. The molecule has 0 saturated heterocycles. The molecule has 242 valence electrons. The zero-order valence-electron chi connectivity index (χ0n) is 27.9. The zero-order chi connectivity index (χ0) is 33.9. The number of fused-ring (bicyclic) bond motifs is 13. The van der Waals surface area contributed by atoms with Crippen LogP contribution in [0.3, 0.4) is 0 Å². The average molecular weight is 681 g/mol. The van der Waals surface area contributed by atoms with E-state index < -0.39 is 0 Å². The smallest absolute Gasteiger partial charge is 0.0641 e. The average Bonchev–Trinajstić information content (AvgIpc) is 3.94. The van der Waals surface area contributed by atoms with Crippen LogP contribution in [-0.2, 0) is 0 Å². The lowest BCUT2D eigenvalue weighted by Gasteiger charge is -2.10. The van der Waals surface area contributed by atoms with E-state index in [-0.39, 0.29) is 0 Å². The quantitative estimate of drug-likeness (QED) is 0.182. The maximum Gasteiger partial charge on any atom is 0.0641 e. The Hall–Kier alpha value is -6.69. The molecule has 7 aromatic carbocycles. The van der Waals surface area contributed by atoms with Gasteiger partial charge in [0.2, 0.25) is 0 Å². The maximum absolute atomic E-state index is 4.51. The number of nitrogens with zero attached hydrogens (tertiary/aromatic N) is 4. The summed E-state index contributed by atoms with van der Waals surface area (Å²) in [6, 6.07) is 57.8. The van der Waals surface area contributed by atoms with Gasteiger partial charge in [0.25, 0.3) is 0 Å². The van der Waals surface area contributed by atoms with Gasteiger partial charge in [0.15, 0.2) is 0 Å². The van der Waals surface area contributed by atoms with Crippen molar-refractivity contribution in [1.82, 2.24) is 18.7 Å². The van der Waals surface area contributed by atoms with Crippen molar-refractivity contribution in [2.24, 2.45) is 0 Å². The zero-order valence-corrected chi connectivity index (χ0v) is 28.7. The van der Waals surface area contributed by atoms with Crippen LogP contribution in [0, 0.1) is 0 Å². The lowest BCUT2D eigenvalue weighted by atomic mass is 10.1. The summed E-state index contributed by atoms with van der Waals surface area (Å²) >= 11 is 1.86. The lowest BCUT2D eigenvalue weighted by molar-refractivity contribution is 1.16. The number of para-hydroxylation sites is 3. The number of benzene rings is 7. The summed E-state index contributed by atoms with van der Waals surface area (Å²) in [7, 11) is 0. The normalized spacial score (nSPS) is 12.2. The topological polar surface area (TPSA) is 27.7 Å². The van der Waals surface area contributed by atoms with Crippen molar-refractivity contribution < 1.29 is 0 Å². The lowest BCUT2D eigenvalue weighted by Crippen LogP contribution is -1.96. The molecule has 0 amide bonds. The summed E-state index contributed by atoms with van der Waals surface area (Å²) in [5, 5.41) is 9.92. The molecule has 5 heterocycles. The highest BCUT2D eigenvalue weighted by molar-refractivity contribution is 7.25. The van der Waals surface area contributed by atoms with Crippen LogP contribution in [0.15, 0.2) is 170 Å². The second kappa shape index (κ2) is 10.4. The van der Waals surface area contributed by atoms with Gasteiger partial charge in [-0.2, -0.15) is 0 Å². The molecule has 0 aliphatic heterocycles. The Bertz CT molecular complexity index is 3360. The van der Waals surface area contributed by atoms with Gasteiger partial charge in [0, 0.05) is 81.9 Å². The van der Waals surface area contributed by atoms with Crippen molar-refractivity contribution in [3.05, 3.63) is 170 Å². The highest BCUT2D eigenvalue weighted by atomic mass is 32.1. The van der Waals surface area contributed by atoms with E-state index in [1.165, 1.54) is 74.7 Å². The van der Waals surface area contributed by atoms with E-state index in [4.69, 9.17) is 0 Å². The molecule has 4 nitrogen and oxygen atoms in total. The SMILES string of the molecule is c1ccc(-n2c3ccccc3c3ccc4c(c5cc(-n6c7ccccc7c7cnccc76)ccc5n4-c4ccc5sc6ccccc6c5c4)c32)cc1. The summed E-state index contributed by atoms with van der Waals surface area (Å²) in [4.78, 5) is 4.51. The first-order valence-corrected chi connectivity index (χ1v) is 18.4. The molecule has 12 aromatic rings. The number of hydrogen-bond donors (Lipinski definition) is 0. The van der Waals surface area contributed by atoms with Gasteiger partial charge >= 0.3 is 0 Å². The van der Waals surface area contributed by atoms with E-state index >= 15 is 0 Å². The van der Waals surface area contributed by atoms with Crippen molar-refractivity contribution in [3.63, 3.8) is 0 Å². The molecule has 0 atom stereocenters. The molecule has 0 unspecified atom stereocenters. The minimum atomic E-state index is 1.13. The van der Waals surface area contributed by atoms with Crippen molar-refractivity contribution in [3.8, 4) is 17.1 Å². The van der Waals surface area contributed by atoms with Gasteiger partial charge in [0.05, 0.1) is 33.1 Å². The minimum absolute atomic E-state index is 1.13. The van der Waals surface area contributed by atoms with Crippen LogP contribution < -0.4 is 0 Å². The molecule has 0 bridgehead atoms. The molecule has 0 fully saturated rings. The number of hydrogen-bond acceptors (Lipinski definition) is 2. The molecule has 0 radical (unpaired) electrons. The predicted molar refractivity (Wildman–Crippen MR) is 220 cm³/mol. The Morgan fingerprint density at radius 2 is 0.962 bits per heavy atom. The standard InChI is InChI=1S/C47H28N4S/c1-2-10-29(11-3-1)51-40-16-8-4-12-32(40)35-20-22-43-46(47(35)51)37-27-30(49-39-15-7-5-13-33(39)38-28-48-25-24-42(38)49)18-21-41(37)50(43)31-19-23-45-36(26-31)34-14-6-9-17-44(34)52-45/h1-28H. The van der Waals surface area contributed by atoms with Crippen molar-refractivity contribution >= 4 is 96.9 Å². The van der Waals surface area contributed by atoms with E-state index in [0.29, 0.717) is 0 Å². The molecular formula is C47H28N4S. The summed E-state index contributed by atoms with van der Waals surface area (Å²) in [5.74, 6) is 0. The molecule has 0 aliphatic carbocycles. The van der Waals surface area contributed by atoms with Crippen LogP contribution in [0.5, 0.6) is 0 Å². The highest BCUT2D eigenvalue weighted by Gasteiger charge is 2.22. The second-order valence-electron chi connectivity index (χ2n) is 13.6. The van der Waals surface area contributed by atoms with E-state index in [1.807, 2.05) is 23.7 Å². The van der Waals surface area contributed by atoms with Crippen LogP contribution >= 0.6 is 11.3 Å². The van der Waals surface area contributed by atoms with Gasteiger partial charge in [-0.05, 0) is 78.9 Å². The molecule has 12 rings (SSSR count). The Balaban J connectivity index is 1.26. The Morgan fingerprint density at radius 1 is 0.365 bits per heavy atom. The highest BCUT2D eigenvalue weighted by Crippen LogP contribution is 2.44. The van der Waals surface area contributed by atoms with Crippen molar-refractivity contribution in [1.29, 1.82) is 0 Å². The Morgan fingerprint density at radius 3 is 1.81 bits per heavy atom. The number of rotatable bonds is 3. The van der Waals surface area contributed by atoms with Crippen LogP contribution in [0.2, 0.25) is 0 Å². The third-order valence-electron chi connectivity index (χ3n) is 10.9. The predicted octanol–water partition coefficient (Wildman–Crippen LogP) is 12.7. The molecule has 0 N–H and O–H groups in total. The minimum Gasteiger partial charge on any atom is -0.309 e. The van der Waals surface area contributed by atoms with Gasteiger partial charge in [-0.1, -0.05) is 78.9 Å². The summed E-state index contributed by atoms with van der Waals surface area (Å²) < 4.78 is 9.96. The van der Waals surface area contributed by atoms with Crippen LogP contribution in [-0.4, -0.2) is 18.7 Å². The fraction of sp³-hybridized carbons (Fsp3) is 0. The summed E-state index contributed by atoms with van der Waals surface area (Å²) in [6.07, 6.45) is 3.89. The number of aromatic nitrogens is 4. The van der Waals surface area contributed by atoms with Crippen molar-refractivity contribution in [2.45, 2.75) is 0 Å². The Kier molecular flexibility index (Phi) is 5.62. The van der Waals surface area contributed by atoms with Gasteiger partial charge < -0.3 is 13.7 Å². The largest absolute Gasteiger partial charge is 0.309 e. The first-order valence-electron chi connectivity index (χ1n) is 17.6.